The van der Waals surface area contributed by atoms with Gasteiger partial charge in [-0.3, -0.25) is 14.4 Å². The fourth-order valence-electron chi connectivity index (χ4n) is 3.58. The van der Waals surface area contributed by atoms with Crippen molar-refractivity contribution in [1.29, 1.82) is 0 Å². The number of carbonyl (C=O) groups is 3. The van der Waals surface area contributed by atoms with Crippen molar-refractivity contribution >= 4 is 33.5 Å². The SMILES string of the molecule is CC(=O)Oc1ccc(N2C(=O)CC(N(C3CC3)S(=O)(=O)c3ccccc3)C2=O)cc1. The molecule has 0 spiro atoms. The van der Waals surface area contributed by atoms with Gasteiger partial charge < -0.3 is 4.74 Å². The topological polar surface area (TPSA) is 101 Å². The molecule has 2 amide bonds. The molecule has 4 rings (SSSR count). The van der Waals surface area contributed by atoms with Gasteiger partial charge in [-0.1, -0.05) is 18.2 Å². The Balaban J connectivity index is 1.63. The molecule has 0 bridgehead atoms. The molecule has 1 unspecified atom stereocenters. The van der Waals surface area contributed by atoms with Crippen molar-refractivity contribution in [2.75, 3.05) is 4.90 Å². The maximum atomic E-state index is 13.2. The van der Waals surface area contributed by atoms with Crippen LogP contribution >= 0.6 is 0 Å². The fraction of sp³-hybridized carbons (Fsp3) is 0.286. The molecule has 1 saturated carbocycles. The first-order valence-electron chi connectivity index (χ1n) is 9.53. The van der Waals surface area contributed by atoms with Crippen LogP contribution in [0.3, 0.4) is 0 Å². The van der Waals surface area contributed by atoms with Crippen LogP contribution in [0.1, 0.15) is 26.2 Å². The fourth-order valence-corrected chi connectivity index (χ4v) is 5.42. The van der Waals surface area contributed by atoms with Crippen LogP contribution < -0.4 is 9.64 Å². The zero-order valence-electron chi connectivity index (χ0n) is 16.2. The van der Waals surface area contributed by atoms with Gasteiger partial charge in [0.25, 0.3) is 5.91 Å². The molecule has 156 valence electrons. The summed E-state index contributed by atoms with van der Waals surface area (Å²) in [5.41, 5.74) is 0.302. The van der Waals surface area contributed by atoms with Gasteiger partial charge in [0.2, 0.25) is 15.9 Å². The Labute approximate surface area is 174 Å². The molecule has 2 fully saturated rings. The van der Waals surface area contributed by atoms with Gasteiger partial charge in [-0.15, -0.1) is 0 Å². The monoisotopic (exact) mass is 428 g/mol. The Bertz CT molecular complexity index is 1090. The second-order valence-corrected chi connectivity index (χ2v) is 9.10. The lowest BCUT2D eigenvalue weighted by Gasteiger charge is -2.26. The van der Waals surface area contributed by atoms with Gasteiger partial charge in [0, 0.05) is 13.0 Å². The molecule has 8 nitrogen and oxygen atoms in total. The van der Waals surface area contributed by atoms with E-state index in [1.165, 1.54) is 47.6 Å². The zero-order chi connectivity index (χ0) is 21.5. The smallest absolute Gasteiger partial charge is 0.308 e. The molecule has 9 heteroatoms. The number of nitrogens with zero attached hydrogens (tertiary/aromatic N) is 2. The summed E-state index contributed by atoms with van der Waals surface area (Å²) >= 11 is 0. The van der Waals surface area contributed by atoms with E-state index in [4.69, 9.17) is 4.74 Å². The summed E-state index contributed by atoms with van der Waals surface area (Å²) in [5.74, 6) is -1.25. The first kappa shape index (κ1) is 20.2. The highest BCUT2D eigenvalue weighted by molar-refractivity contribution is 7.89. The molecular formula is C21H20N2O6S. The molecule has 0 radical (unpaired) electrons. The molecule has 2 aliphatic rings. The molecule has 0 aromatic heterocycles. The standard InChI is InChI=1S/C21H20N2O6S/c1-14(24)29-17-11-9-15(10-12-17)22-20(25)13-19(21(22)26)23(16-7-8-16)30(27,28)18-5-3-2-4-6-18/h2-6,9-12,16,19H,7-8,13H2,1H3. The highest BCUT2D eigenvalue weighted by atomic mass is 32.2. The van der Waals surface area contributed by atoms with Crippen LogP contribution in [0.5, 0.6) is 5.75 Å². The maximum Gasteiger partial charge on any atom is 0.308 e. The van der Waals surface area contributed by atoms with Gasteiger partial charge in [-0.2, -0.15) is 4.31 Å². The lowest BCUT2D eigenvalue weighted by molar-refractivity contribution is -0.132. The van der Waals surface area contributed by atoms with E-state index in [0.717, 1.165) is 4.90 Å². The lowest BCUT2D eigenvalue weighted by atomic mass is 10.2. The van der Waals surface area contributed by atoms with E-state index in [1.54, 1.807) is 18.2 Å². The average Bonchev–Trinajstić information content (AvgIpc) is 3.49. The van der Waals surface area contributed by atoms with Crippen molar-refractivity contribution in [3.8, 4) is 5.75 Å². The average molecular weight is 428 g/mol. The van der Waals surface area contributed by atoms with Crippen LogP contribution in [0, 0.1) is 0 Å². The van der Waals surface area contributed by atoms with Gasteiger partial charge in [-0.25, -0.2) is 13.3 Å². The number of anilines is 1. The van der Waals surface area contributed by atoms with Crippen molar-refractivity contribution in [2.45, 2.75) is 43.2 Å². The predicted molar refractivity (Wildman–Crippen MR) is 107 cm³/mol. The van der Waals surface area contributed by atoms with Gasteiger partial charge in [0.15, 0.2) is 0 Å². The quantitative estimate of drug-likeness (QED) is 0.397. The number of sulfonamides is 1. The Hall–Kier alpha value is -3.04. The van der Waals surface area contributed by atoms with Gasteiger partial charge in [-0.05, 0) is 49.2 Å². The predicted octanol–water partition coefficient (Wildman–Crippen LogP) is 2.10. The molecule has 2 aromatic carbocycles. The first-order valence-corrected chi connectivity index (χ1v) is 11.0. The van der Waals surface area contributed by atoms with Crippen LogP contribution in [0.25, 0.3) is 0 Å². The summed E-state index contributed by atoms with van der Waals surface area (Å²) in [6.07, 6.45) is 1.09. The largest absolute Gasteiger partial charge is 0.427 e. The van der Waals surface area contributed by atoms with E-state index in [1.807, 2.05) is 0 Å². The van der Waals surface area contributed by atoms with Crippen LogP contribution in [-0.4, -0.2) is 42.6 Å². The van der Waals surface area contributed by atoms with E-state index in [9.17, 15) is 22.8 Å². The minimum atomic E-state index is -3.93. The number of imide groups is 1. The molecule has 1 aliphatic heterocycles. The van der Waals surface area contributed by atoms with Crippen LogP contribution in [-0.2, 0) is 24.4 Å². The Morgan fingerprint density at radius 1 is 1.03 bits per heavy atom. The highest BCUT2D eigenvalue weighted by Crippen LogP contribution is 2.38. The number of rotatable bonds is 6. The van der Waals surface area contributed by atoms with Gasteiger partial charge >= 0.3 is 5.97 Å². The van der Waals surface area contributed by atoms with Crippen molar-refractivity contribution in [3.63, 3.8) is 0 Å². The summed E-state index contributed by atoms with van der Waals surface area (Å²) in [5, 5.41) is 0. The Morgan fingerprint density at radius 3 is 2.23 bits per heavy atom. The minimum Gasteiger partial charge on any atom is -0.427 e. The third-order valence-electron chi connectivity index (χ3n) is 5.01. The number of amides is 2. The van der Waals surface area contributed by atoms with Crippen LogP contribution in [0.2, 0.25) is 0 Å². The first-order chi connectivity index (χ1) is 14.3. The Kier molecular flexibility index (Phi) is 5.17. The second-order valence-electron chi connectivity index (χ2n) is 7.25. The lowest BCUT2D eigenvalue weighted by Crippen LogP contribution is -2.46. The summed E-state index contributed by atoms with van der Waals surface area (Å²) in [7, 11) is -3.93. The van der Waals surface area contributed by atoms with Crippen LogP contribution in [0.4, 0.5) is 5.69 Å². The van der Waals surface area contributed by atoms with E-state index >= 15 is 0 Å². The highest BCUT2D eigenvalue weighted by Gasteiger charge is 2.51. The number of esters is 1. The molecule has 0 N–H and O–H groups in total. The molecule has 1 saturated heterocycles. The van der Waals surface area contributed by atoms with E-state index in [2.05, 4.69) is 0 Å². The third-order valence-corrected chi connectivity index (χ3v) is 6.99. The molecule has 2 aromatic rings. The number of hydrogen-bond acceptors (Lipinski definition) is 6. The number of benzene rings is 2. The summed E-state index contributed by atoms with van der Waals surface area (Å²) < 4.78 is 32.6. The Morgan fingerprint density at radius 2 is 1.67 bits per heavy atom. The third kappa shape index (κ3) is 3.73. The van der Waals surface area contributed by atoms with Crippen molar-refractivity contribution in [1.82, 2.24) is 4.31 Å². The molecule has 30 heavy (non-hydrogen) atoms. The summed E-state index contributed by atoms with van der Waals surface area (Å²) in [6, 6.07) is 12.5. The maximum absolute atomic E-state index is 13.2. The van der Waals surface area contributed by atoms with Crippen molar-refractivity contribution in [2.24, 2.45) is 0 Å². The van der Waals surface area contributed by atoms with E-state index in [0.29, 0.717) is 18.5 Å². The zero-order valence-corrected chi connectivity index (χ0v) is 17.0. The van der Waals surface area contributed by atoms with Crippen LogP contribution in [0.15, 0.2) is 59.5 Å². The number of ether oxygens (including phenoxy) is 1. The summed E-state index contributed by atoms with van der Waals surface area (Å²) in [6.45, 7) is 1.27. The van der Waals surface area contributed by atoms with E-state index in [-0.39, 0.29) is 23.1 Å². The van der Waals surface area contributed by atoms with E-state index < -0.39 is 33.8 Å². The molecule has 1 aliphatic carbocycles. The molecule has 1 heterocycles. The van der Waals surface area contributed by atoms with Gasteiger partial charge in [0.05, 0.1) is 17.0 Å². The molecular weight excluding hydrogens is 408 g/mol. The summed E-state index contributed by atoms with van der Waals surface area (Å²) in [4.78, 5) is 38.0. The minimum absolute atomic E-state index is 0.0985. The number of carbonyl (C=O) groups excluding carboxylic acids is 3. The second kappa shape index (κ2) is 7.66. The molecule has 1 atom stereocenters. The van der Waals surface area contributed by atoms with Crippen molar-refractivity contribution in [3.05, 3.63) is 54.6 Å². The normalized spacial score (nSPS) is 19.4. The van der Waals surface area contributed by atoms with Crippen molar-refractivity contribution < 1.29 is 27.5 Å². The number of hydrogen-bond donors (Lipinski definition) is 0. The van der Waals surface area contributed by atoms with Gasteiger partial charge in [0.1, 0.15) is 11.8 Å².